The van der Waals surface area contributed by atoms with Crippen molar-refractivity contribution < 1.29 is 4.79 Å². The summed E-state index contributed by atoms with van der Waals surface area (Å²) >= 11 is 0. The summed E-state index contributed by atoms with van der Waals surface area (Å²) in [6.45, 7) is 2.34. The Morgan fingerprint density at radius 2 is 1.80 bits per heavy atom. The zero-order chi connectivity index (χ0) is 14.5. The molecule has 0 aliphatic heterocycles. The van der Waals surface area contributed by atoms with Crippen LogP contribution in [0.5, 0.6) is 0 Å². The number of para-hydroxylation sites is 1. The van der Waals surface area contributed by atoms with Crippen molar-refractivity contribution in [3.05, 3.63) is 65.2 Å². The summed E-state index contributed by atoms with van der Waals surface area (Å²) in [5, 5.41) is 8.75. The van der Waals surface area contributed by atoms with E-state index in [2.05, 4.69) is 0 Å². The molecule has 0 bridgehead atoms. The third-order valence-electron chi connectivity index (χ3n) is 3.24. The maximum absolute atomic E-state index is 12.2. The van der Waals surface area contributed by atoms with E-state index >= 15 is 0 Å². The molecule has 0 saturated carbocycles. The molecule has 3 nitrogen and oxygen atoms in total. The zero-order valence-electron chi connectivity index (χ0n) is 11.6. The van der Waals surface area contributed by atoms with Gasteiger partial charge in [0.15, 0.2) is 5.78 Å². The molecule has 0 spiro atoms. The van der Waals surface area contributed by atoms with Crippen LogP contribution in [0.3, 0.4) is 0 Å². The molecule has 0 saturated heterocycles. The largest absolute Gasteiger partial charge is 0.367 e. The van der Waals surface area contributed by atoms with Gasteiger partial charge in [0.1, 0.15) is 0 Å². The zero-order valence-corrected chi connectivity index (χ0v) is 11.6. The van der Waals surface area contributed by atoms with Crippen LogP contribution < -0.4 is 4.90 Å². The fourth-order valence-corrected chi connectivity index (χ4v) is 2.11. The molecule has 0 N–H and O–H groups in total. The van der Waals surface area contributed by atoms with Crippen LogP contribution in [0.4, 0.5) is 5.69 Å². The van der Waals surface area contributed by atoms with Gasteiger partial charge in [-0.25, -0.2) is 0 Å². The Balaban J connectivity index is 2.11. The molecule has 0 atom stereocenters. The molecule has 100 valence electrons. The SMILES string of the molecule is Cc1ccccc1N(C)CC(=O)c1ccc(C#N)cc1. The van der Waals surface area contributed by atoms with Crippen LogP contribution in [0.15, 0.2) is 48.5 Å². The minimum atomic E-state index is 0.0419. The molecule has 0 aromatic heterocycles. The van der Waals surface area contributed by atoms with E-state index in [4.69, 9.17) is 5.26 Å². The number of hydrogen-bond donors (Lipinski definition) is 0. The summed E-state index contributed by atoms with van der Waals surface area (Å²) < 4.78 is 0. The first-order valence-electron chi connectivity index (χ1n) is 6.42. The van der Waals surface area contributed by atoms with Crippen molar-refractivity contribution in [1.29, 1.82) is 5.26 Å². The highest BCUT2D eigenvalue weighted by Crippen LogP contribution is 2.18. The summed E-state index contributed by atoms with van der Waals surface area (Å²) in [6.07, 6.45) is 0. The number of Topliss-reactive ketones (excluding diaryl/α,β-unsaturated/α-hetero) is 1. The standard InChI is InChI=1S/C17H16N2O/c1-13-5-3-4-6-16(13)19(2)12-17(20)15-9-7-14(11-18)8-10-15/h3-10H,12H2,1-2H3. The number of rotatable bonds is 4. The van der Waals surface area contributed by atoms with Gasteiger partial charge < -0.3 is 4.90 Å². The van der Waals surface area contributed by atoms with E-state index in [9.17, 15) is 4.79 Å². The molecule has 3 heteroatoms. The molecule has 2 aromatic carbocycles. The molecular weight excluding hydrogens is 248 g/mol. The topological polar surface area (TPSA) is 44.1 Å². The van der Waals surface area contributed by atoms with Crippen LogP contribution in [0, 0.1) is 18.3 Å². The number of nitrogens with zero attached hydrogens (tertiary/aromatic N) is 2. The van der Waals surface area contributed by atoms with Crippen LogP contribution in [0.25, 0.3) is 0 Å². The predicted octanol–water partition coefficient (Wildman–Crippen LogP) is 3.19. The summed E-state index contributed by atoms with van der Waals surface area (Å²) in [4.78, 5) is 14.2. The van der Waals surface area contributed by atoms with Gasteiger partial charge in [-0.05, 0) is 30.7 Å². The van der Waals surface area contributed by atoms with Crippen LogP contribution in [-0.2, 0) is 0 Å². The molecule has 0 fully saturated rings. The second-order valence-corrected chi connectivity index (χ2v) is 4.75. The Morgan fingerprint density at radius 1 is 1.15 bits per heavy atom. The number of carbonyl (C=O) groups excluding carboxylic acids is 1. The van der Waals surface area contributed by atoms with Crippen LogP contribution >= 0.6 is 0 Å². The lowest BCUT2D eigenvalue weighted by atomic mass is 10.1. The van der Waals surface area contributed by atoms with E-state index in [1.807, 2.05) is 49.2 Å². The van der Waals surface area contributed by atoms with Gasteiger partial charge in [0, 0.05) is 18.3 Å². The van der Waals surface area contributed by atoms with Gasteiger partial charge in [0.05, 0.1) is 18.2 Å². The highest BCUT2D eigenvalue weighted by molar-refractivity contribution is 5.99. The van der Waals surface area contributed by atoms with Crippen molar-refractivity contribution in [3.8, 4) is 6.07 Å². The Morgan fingerprint density at radius 3 is 2.40 bits per heavy atom. The van der Waals surface area contributed by atoms with Crippen molar-refractivity contribution in [1.82, 2.24) is 0 Å². The van der Waals surface area contributed by atoms with Crippen LogP contribution in [-0.4, -0.2) is 19.4 Å². The third-order valence-corrected chi connectivity index (χ3v) is 3.24. The molecule has 0 unspecified atom stereocenters. The van der Waals surface area contributed by atoms with Gasteiger partial charge in [-0.15, -0.1) is 0 Å². The van der Waals surface area contributed by atoms with Crippen molar-refractivity contribution in [2.24, 2.45) is 0 Å². The lowest BCUT2D eigenvalue weighted by molar-refractivity contribution is 0.100. The van der Waals surface area contributed by atoms with Gasteiger partial charge in [0.2, 0.25) is 0 Å². The van der Waals surface area contributed by atoms with E-state index in [1.54, 1.807) is 24.3 Å². The van der Waals surface area contributed by atoms with Crippen molar-refractivity contribution >= 4 is 11.5 Å². The van der Waals surface area contributed by atoms with E-state index in [1.165, 1.54) is 0 Å². The minimum absolute atomic E-state index is 0.0419. The van der Waals surface area contributed by atoms with E-state index in [0.29, 0.717) is 17.7 Å². The smallest absolute Gasteiger partial charge is 0.182 e. The number of likely N-dealkylation sites (N-methyl/N-ethyl adjacent to an activating group) is 1. The molecule has 2 rings (SSSR count). The van der Waals surface area contributed by atoms with Crippen molar-refractivity contribution in [2.45, 2.75) is 6.92 Å². The highest BCUT2D eigenvalue weighted by atomic mass is 16.1. The van der Waals surface area contributed by atoms with E-state index in [0.717, 1.165) is 11.3 Å². The Hall–Kier alpha value is -2.60. The highest BCUT2D eigenvalue weighted by Gasteiger charge is 2.11. The molecule has 0 radical (unpaired) electrons. The average molecular weight is 264 g/mol. The van der Waals surface area contributed by atoms with Gasteiger partial charge >= 0.3 is 0 Å². The van der Waals surface area contributed by atoms with E-state index in [-0.39, 0.29) is 5.78 Å². The average Bonchev–Trinajstić information content (AvgIpc) is 2.47. The summed E-state index contributed by atoms with van der Waals surface area (Å²) in [6, 6.07) is 16.8. The van der Waals surface area contributed by atoms with Crippen LogP contribution in [0.2, 0.25) is 0 Å². The lowest BCUT2D eigenvalue weighted by Crippen LogP contribution is -2.26. The minimum Gasteiger partial charge on any atom is -0.367 e. The number of hydrogen-bond acceptors (Lipinski definition) is 3. The quantitative estimate of drug-likeness (QED) is 0.797. The Bertz CT molecular complexity index is 653. The molecule has 0 aliphatic carbocycles. The number of anilines is 1. The molecule has 0 heterocycles. The third kappa shape index (κ3) is 3.04. The second kappa shape index (κ2) is 6.03. The number of benzene rings is 2. The fourth-order valence-electron chi connectivity index (χ4n) is 2.11. The molecule has 0 aliphatic rings. The maximum atomic E-state index is 12.2. The lowest BCUT2D eigenvalue weighted by Gasteiger charge is -2.20. The summed E-state index contributed by atoms with van der Waals surface area (Å²) in [5.74, 6) is 0.0419. The van der Waals surface area contributed by atoms with Crippen molar-refractivity contribution in [2.75, 3.05) is 18.5 Å². The molecule has 2 aromatic rings. The Labute approximate surface area is 119 Å². The maximum Gasteiger partial charge on any atom is 0.182 e. The molecule has 0 amide bonds. The normalized spacial score (nSPS) is 9.85. The Kier molecular flexibility index (Phi) is 4.17. The molecular formula is C17H16N2O. The number of nitriles is 1. The summed E-state index contributed by atoms with van der Waals surface area (Å²) in [5.41, 5.74) is 3.38. The van der Waals surface area contributed by atoms with Crippen LogP contribution in [0.1, 0.15) is 21.5 Å². The van der Waals surface area contributed by atoms with Crippen molar-refractivity contribution in [3.63, 3.8) is 0 Å². The van der Waals surface area contributed by atoms with E-state index < -0.39 is 0 Å². The first-order valence-corrected chi connectivity index (χ1v) is 6.42. The predicted molar refractivity (Wildman–Crippen MR) is 79.9 cm³/mol. The monoisotopic (exact) mass is 264 g/mol. The number of aryl methyl sites for hydroxylation is 1. The first kappa shape index (κ1) is 13.8. The van der Waals surface area contributed by atoms with Gasteiger partial charge in [0.25, 0.3) is 0 Å². The van der Waals surface area contributed by atoms with Gasteiger partial charge in [-0.3, -0.25) is 4.79 Å². The number of carbonyl (C=O) groups is 1. The number of ketones is 1. The first-order chi connectivity index (χ1) is 9.61. The fraction of sp³-hybridized carbons (Fsp3) is 0.176. The molecule has 20 heavy (non-hydrogen) atoms. The second-order valence-electron chi connectivity index (χ2n) is 4.75. The summed E-state index contributed by atoms with van der Waals surface area (Å²) in [7, 11) is 1.91. The van der Waals surface area contributed by atoms with Gasteiger partial charge in [-0.2, -0.15) is 5.26 Å². The van der Waals surface area contributed by atoms with Gasteiger partial charge in [-0.1, -0.05) is 30.3 Å².